The first-order valence-electron chi connectivity index (χ1n) is 10.8. The van der Waals surface area contributed by atoms with Gasteiger partial charge in [0.05, 0.1) is 23.4 Å². The third-order valence-electron chi connectivity index (χ3n) is 5.73. The summed E-state index contributed by atoms with van der Waals surface area (Å²) >= 11 is 0. The maximum atomic E-state index is 11.1. The van der Waals surface area contributed by atoms with Crippen LogP contribution in [0.5, 0.6) is 5.75 Å². The Hall–Kier alpha value is -4.20. The van der Waals surface area contributed by atoms with Crippen molar-refractivity contribution >= 4 is 17.6 Å². The highest BCUT2D eigenvalue weighted by molar-refractivity contribution is 5.88. The van der Waals surface area contributed by atoms with Crippen molar-refractivity contribution in [2.45, 2.75) is 20.3 Å². The van der Waals surface area contributed by atoms with Gasteiger partial charge in [0.2, 0.25) is 0 Å². The van der Waals surface area contributed by atoms with E-state index in [9.17, 15) is 4.79 Å². The van der Waals surface area contributed by atoms with Gasteiger partial charge in [0.15, 0.2) is 5.82 Å². The quantitative estimate of drug-likeness (QED) is 0.473. The number of imidazole rings is 1. The molecule has 0 unspecified atom stereocenters. The van der Waals surface area contributed by atoms with E-state index < -0.39 is 5.97 Å². The SMILES string of the molecule is CCN1c2ncc(CCOc3ccc(C(=O)O)cc3C)cc2-c2nccn2-c2cccnc21. The number of carboxylic acids is 1. The summed E-state index contributed by atoms with van der Waals surface area (Å²) in [4.78, 5) is 27.3. The number of aromatic nitrogens is 4. The van der Waals surface area contributed by atoms with Crippen molar-refractivity contribution in [3.8, 4) is 22.8 Å². The van der Waals surface area contributed by atoms with Crippen LogP contribution >= 0.6 is 0 Å². The van der Waals surface area contributed by atoms with Gasteiger partial charge in [-0.25, -0.2) is 19.7 Å². The number of benzene rings is 1. The molecule has 0 saturated carbocycles. The Morgan fingerprint density at radius 2 is 1.97 bits per heavy atom. The highest BCUT2D eigenvalue weighted by Crippen LogP contribution is 2.39. The average Bonchev–Trinajstić information content (AvgIpc) is 3.27. The molecule has 33 heavy (non-hydrogen) atoms. The fourth-order valence-electron chi connectivity index (χ4n) is 4.12. The lowest BCUT2D eigenvalue weighted by Gasteiger charge is -2.22. The molecule has 0 amide bonds. The van der Waals surface area contributed by atoms with Crippen LogP contribution in [-0.2, 0) is 6.42 Å². The normalized spacial score (nSPS) is 11.9. The zero-order valence-electron chi connectivity index (χ0n) is 18.4. The molecule has 4 aromatic rings. The van der Waals surface area contributed by atoms with Crippen LogP contribution in [0.2, 0.25) is 0 Å². The number of fused-ring (bicyclic) bond motifs is 5. The number of hydrogen-bond acceptors (Lipinski definition) is 6. The lowest BCUT2D eigenvalue weighted by atomic mass is 10.1. The topological polar surface area (TPSA) is 93.4 Å². The first-order valence-corrected chi connectivity index (χ1v) is 10.8. The summed E-state index contributed by atoms with van der Waals surface area (Å²) in [5.41, 5.74) is 3.98. The van der Waals surface area contributed by atoms with E-state index in [0.717, 1.165) is 46.4 Å². The molecule has 1 aromatic carbocycles. The molecular formula is C25H23N5O3. The molecule has 0 atom stereocenters. The van der Waals surface area contributed by atoms with Gasteiger partial charge in [-0.05, 0) is 61.4 Å². The van der Waals surface area contributed by atoms with E-state index in [4.69, 9.17) is 14.8 Å². The van der Waals surface area contributed by atoms with Crippen LogP contribution in [0.1, 0.15) is 28.4 Å². The zero-order valence-corrected chi connectivity index (χ0v) is 18.4. The van der Waals surface area contributed by atoms with Crippen molar-refractivity contribution in [1.82, 2.24) is 19.5 Å². The van der Waals surface area contributed by atoms with E-state index in [-0.39, 0.29) is 5.56 Å². The highest BCUT2D eigenvalue weighted by Gasteiger charge is 2.26. The minimum atomic E-state index is -0.947. The Morgan fingerprint density at radius 1 is 1.09 bits per heavy atom. The molecule has 5 rings (SSSR count). The molecule has 1 aliphatic heterocycles. The first kappa shape index (κ1) is 20.7. The Kier molecular flexibility index (Phi) is 5.26. The van der Waals surface area contributed by atoms with Crippen LogP contribution in [0.4, 0.5) is 11.6 Å². The number of aromatic carboxylic acids is 1. The van der Waals surface area contributed by atoms with Crippen molar-refractivity contribution < 1.29 is 14.6 Å². The molecule has 0 saturated heterocycles. The molecule has 166 valence electrons. The molecule has 8 heteroatoms. The second-order valence-electron chi connectivity index (χ2n) is 7.81. The lowest BCUT2D eigenvalue weighted by molar-refractivity contribution is 0.0696. The van der Waals surface area contributed by atoms with E-state index >= 15 is 0 Å². The average molecular weight is 441 g/mol. The summed E-state index contributed by atoms with van der Waals surface area (Å²) in [5, 5.41) is 9.13. The summed E-state index contributed by atoms with van der Waals surface area (Å²) in [5.74, 6) is 2.23. The minimum Gasteiger partial charge on any atom is -0.493 e. The van der Waals surface area contributed by atoms with Crippen LogP contribution in [-0.4, -0.2) is 43.7 Å². The van der Waals surface area contributed by atoms with Gasteiger partial charge in [0.1, 0.15) is 17.4 Å². The van der Waals surface area contributed by atoms with Crippen molar-refractivity contribution in [3.05, 3.63) is 77.9 Å². The number of anilines is 2. The number of pyridine rings is 2. The van der Waals surface area contributed by atoms with Gasteiger partial charge in [0, 0.05) is 37.8 Å². The standard InChI is InChI=1S/C25H23N5O3/c1-3-29-23-19(22-27-10-11-30(22)20-5-4-9-26-24(20)29)14-17(15-28-23)8-12-33-21-7-6-18(25(31)32)13-16(21)2/h4-7,9-11,13-15H,3,8,12H2,1-2H3,(H,31,32). The maximum Gasteiger partial charge on any atom is 0.335 e. The van der Waals surface area contributed by atoms with Crippen LogP contribution in [0.15, 0.2) is 61.2 Å². The Balaban J connectivity index is 1.42. The molecule has 1 aliphatic rings. The van der Waals surface area contributed by atoms with E-state index in [1.54, 1.807) is 30.6 Å². The van der Waals surface area contributed by atoms with Gasteiger partial charge in [-0.15, -0.1) is 0 Å². The predicted octanol–water partition coefficient (Wildman–Crippen LogP) is 4.43. The van der Waals surface area contributed by atoms with Gasteiger partial charge < -0.3 is 14.7 Å². The molecule has 0 fully saturated rings. The van der Waals surface area contributed by atoms with Crippen LogP contribution in [0.3, 0.4) is 0 Å². The Labute approximate surface area is 191 Å². The van der Waals surface area contributed by atoms with Crippen LogP contribution in [0, 0.1) is 6.92 Å². The van der Waals surface area contributed by atoms with Crippen molar-refractivity contribution in [1.29, 1.82) is 0 Å². The molecule has 3 aromatic heterocycles. The number of rotatable bonds is 6. The van der Waals surface area contributed by atoms with Crippen LogP contribution < -0.4 is 9.64 Å². The lowest BCUT2D eigenvalue weighted by Crippen LogP contribution is -2.19. The maximum absolute atomic E-state index is 11.1. The zero-order chi connectivity index (χ0) is 22.9. The van der Waals surface area contributed by atoms with Gasteiger partial charge in [-0.1, -0.05) is 0 Å². The number of carboxylic acid groups (broad SMARTS) is 1. The van der Waals surface area contributed by atoms with Gasteiger partial charge >= 0.3 is 5.97 Å². The third-order valence-corrected chi connectivity index (χ3v) is 5.73. The van der Waals surface area contributed by atoms with E-state index in [1.165, 1.54) is 0 Å². The summed E-state index contributed by atoms with van der Waals surface area (Å²) in [6.07, 6.45) is 8.04. The first-order chi connectivity index (χ1) is 16.1. The monoisotopic (exact) mass is 441 g/mol. The summed E-state index contributed by atoms with van der Waals surface area (Å²) in [6, 6.07) is 10.9. The summed E-state index contributed by atoms with van der Waals surface area (Å²) in [6.45, 7) is 5.10. The van der Waals surface area contributed by atoms with E-state index in [1.807, 2.05) is 36.0 Å². The van der Waals surface area contributed by atoms with Crippen molar-refractivity contribution in [2.24, 2.45) is 0 Å². The number of ether oxygens (including phenoxy) is 1. The van der Waals surface area contributed by atoms with Crippen molar-refractivity contribution in [2.75, 3.05) is 18.1 Å². The summed E-state index contributed by atoms with van der Waals surface area (Å²) < 4.78 is 7.98. The molecule has 4 heterocycles. The highest BCUT2D eigenvalue weighted by atomic mass is 16.5. The van der Waals surface area contributed by atoms with Gasteiger partial charge in [0.25, 0.3) is 0 Å². The fraction of sp³-hybridized carbons (Fsp3) is 0.200. The molecule has 0 radical (unpaired) electrons. The number of carbonyl (C=O) groups is 1. The summed E-state index contributed by atoms with van der Waals surface area (Å²) in [7, 11) is 0. The number of aryl methyl sites for hydroxylation is 1. The molecule has 0 bridgehead atoms. The van der Waals surface area contributed by atoms with E-state index in [0.29, 0.717) is 18.8 Å². The second-order valence-corrected chi connectivity index (χ2v) is 7.81. The number of hydrogen-bond donors (Lipinski definition) is 1. The second kappa shape index (κ2) is 8.38. The third kappa shape index (κ3) is 3.69. The molecule has 1 N–H and O–H groups in total. The Bertz CT molecular complexity index is 1350. The van der Waals surface area contributed by atoms with E-state index in [2.05, 4.69) is 27.9 Å². The molecule has 0 aliphatic carbocycles. The van der Waals surface area contributed by atoms with Crippen LogP contribution in [0.25, 0.3) is 17.1 Å². The Morgan fingerprint density at radius 3 is 2.76 bits per heavy atom. The predicted molar refractivity (Wildman–Crippen MR) is 125 cm³/mol. The van der Waals surface area contributed by atoms with Gasteiger partial charge in [-0.3, -0.25) is 4.57 Å². The fourth-order valence-corrected chi connectivity index (χ4v) is 4.12. The molecular weight excluding hydrogens is 418 g/mol. The number of nitrogens with zero attached hydrogens (tertiary/aromatic N) is 5. The van der Waals surface area contributed by atoms with Crippen molar-refractivity contribution in [3.63, 3.8) is 0 Å². The minimum absolute atomic E-state index is 0.251. The largest absolute Gasteiger partial charge is 0.493 e. The smallest absolute Gasteiger partial charge is 0.335 e. The molecule has 8 nitrogen and oxygen atoms in total. The molecule has 0 spiro atoms. The van der Waals surface area contributed by atoms with Gasteiger partial charge in [-0.2, -0.15) is 0 Å².